The maximum atomic E-state index is 13.3. The Labute approximate surface area is 167 Å². The molecule has 2 atom stereocenters. The summed E-state index contributed by atoms with van der Waals surface area (Å²) in [5.74, 6) is 0.681. The van der Waals surface area contributed by atoms with Gasteiger partial charge in [-0.25, -0.2) is 4.98 Å². The van der Waals surface area contributed by atoms with Crippen LogP contribution in [0.3, 0.4) is 0 Å². The molecule has 4 rings (SSSR count). The van der Waals surface area contributed by atoms with Crippen LogP contribution in [-0.2, 0) is 19.4 Å². The third-order valence-electron chi connectivity index (χ3n) is 5.13. The number of thioether (sulfide) groups is 1. The number of hydrogen-bond donors (Lipinski definition) is 0. The molecule has 0 unspecified atom stereocenters. The molecular weight excluding hydrogens is 374 g/mol. The van der Waals surface area contributed by atoms with Crippen molar-refractivity contribution >= 4 is 33.3 Å². The van der Waals surface area contributed by atoms with Crippen molar-refractivity contribution in [1.29, 1.82) is 0 Å². The topological polar surface area (TPSA) is 47.8 Å². The van der Waals surface area contributed by atoms with Gasteiger partial charge >= 0.3 is 0 Å². The van der Waals surface area contributed by atoms with Crippen LogP contribution >= 0.6 is 23.1 Å². The van der Waals surface area contributed by atoms with Crippen molar-refractivity contribution in [2.75, 3.05) is 0 Å². The number of allylic oxidation sites excluding steroid dienone is 1. The second kappa shape index (κ2) is 7.60. The van der Waals surface area contributed by atoms with Crippen molar-refractivity contribution < 1.29 is 0 Å². The number of aromatic nitrogens is 3. The van der Waals surface area contributed by atoms with E-state index in [1.54, 1.807) is 39.9 Å². The van der Waals surface area contributed by atoms with Gasteiger partial charge in [-0.15, -0.1) is 17.9 Å². The maximum absolute atomic E-state index is 13.3. The second-order valence-electron chi connectivity index (χ2n) is 7.18. The van der Waals surface area contributed by atoms with Crippen molar-refractivity contribution in [3.8, 4) is 0 Å². The minimum atomic E-state index is 0.0767. The summed E-state index contributed by atoms with van der Waals surface area (Å²) in [5, 5.41) is 1.76. The van der Waals surface area contributed by atoms with Crippen LogP contribution in [0.2, 0.25) is 0 Å². The summed E-state index contributed by atoms with van der Waals surface area (Å²) in [6.07, 6.45) is 8.61. The van der Waals surface area contributed by atoms with Crippen molar-refractivity contribution in [3.05, 3.63) is 63.5 Å². The lowest BCUT2D eigenvalue weighted by Gasteiger charge is -2.18. The number of hydrogen-bond acceptors (Lipinski definition) is 5. The van der Waals surface area contributed by atoms with Gasteiger partial charge in [-0.3, -0.25) is 14.3 Å². The first-order valence-electron chi connectivity index (χ1n) is 9.31. The molecule has 0 amide bonds. The van der Waals surface area contributed by atoms with Crippen LogP contribution in [0.1, 0.15) is 41.5 Å². The van der Waals surface area contributed by atoms with Crippen LogP contribution < -0.4 is 5.56 Å². The van der Waals surface area contributed by atoms with E-state index in [1.807, 2.05) is 12.3 Å². The lowest BCUT2D eigenvalue weighted by molar-refractivity contribution is 0.509. The normalized spacial score (nSPS) is 17.6. The summed E-state index contributed by atoms with van der Waals surface area (Å²) in [4.78, 5) is 24.7. The van der Waals surface area contributed by atoms with Gasteiger partial charge in [0.2, 0.25) is 0 Å². The summed E-state index contributed by atoms with van der Waals surface area (Å²) < 4.78 is 1.78. The standard InChI is InChI=1S/C21H23N3OS2/c1-4-10-24-20(25)18-16-8-7-13(2)11-17(16)27-19(18)23-21(24)26-14(3)15-6-5-9-22-12-15/h4-6,9,12-14H,1,7-8,10-11H2,2-3H3/t13-,14-/m0/s1. The number of fused-ring (bicyclic) bond motifs is 3. The minimum Gasteiger partial charge on any atom is -0.283 e. The second-order valence-corrected chi connectivity index (χ2v) is 9.57. The molecule has 1 aliphatic carbocycles. The van der Waals surface area contributed by atoms with E-state index in [9.17, 15) is 4.79 Å². The van der Waals surface area contributed by atoms with E-state index < -0.39 is 0 Å². The molecule has 4 nitrogen and oxygen atoms in total. The summed E-state index contributed by atoms with van der Waals surface area (Å²) in [5.41, 5.74) is 2.44. The number of aryl methyl sites for hydroxylation is 1. The third kappa shape index (κ3) is 3.48. The first-order chi connectivity index (χ1) is 13.1. The Hall–Kier alpha value is -1.92. The molecule has 0 saturated heterocycles. The Kier molecular flexibility index (Phi) is 5.19. The summed E-state index contributed by atoms with van der Waals surface area (Å²) >= 11 is 3.32. The van der Waals surface area contributed by atoms with Crippen LogP contribution in [0.5, 0.6) is 0 Å². The Balaban J connectivity index is 1.81. The minimum absolute atomic E-state index is 0.0767. The molecule has 6 heteroatoms. The number of pyridine rings is 1. The van der Waals surface area contributed by atoms with Gasteiger partial charge in [-0.2, -0.15) is 0 Å². The van der Waals surface area contributed by atoms with Crippen LogP contribution in [0.4, 0.5) is 0 Å². The van der Waals surface area contributed by atoms with Gasteiger partial charge in [0.25, 0.3) is 5.56 Å². The molecule has 3 aromatic heterocycles. The largest absolute Gasteiger partial charge is 0.283 e. The summed E-state index contributed by atoms with van der Waals surface area (Å²) in [7, 11) is 0. The fraction of sp³-hybridized carbons (Fsp3) is 0.381. The monoisotopic (exact) mass is 397 g/mol. The van der Waals surface area contributed by atoms with Gasteiger partial charge in [0.05, 0.1) is 5.39 Å². The fourth-order valence-electron chi connectivity index (χ4n) is 3.63. The van der Waals surface area contributed by atoms with Crippen molar-refractivity contribution in [1.82, 2.24) is 14.5 Å². The van der Waals surface area contributed by atoms with Crippen LogP contribution in [0.15, 0.2) is 47.1 Å². The number of rotatable bonds is 5. The van der Waals surface area contributed by atoms with E-state index in [-0.39, 0.29) is 10.8 Å². The van der Waals surface area contributed by atoms with Crippen LogP contribution in [-0.4, -0.2) is 14.5 Å². The Morgan fingerprint density at radius 3 is 3.11 bits per heavy atom. The molecule has 1 aliphatic rings. The molecule has 3 aromatic rings. The quantitative estimate of drug-likeness (QED) is 0.345. The lowest BCUT2D eigenvalue weighted by Crippen LogP contribution is -2.23. The van der Waals surface area contributed by atoms with E-state index >= 15 is 0 Å². The molecule has 0 saturated carbocycles. The predicted molar refractivity (Wildman–Crippen MR) is 114 cm³/mol. The SMILES string of the molecule is C=CCn1c(S[C@@H](C)c2cccnc2)nc2sc3c(c2c1=O)CC[C@H](C)C3. The van der Waals surface area contributed by atoms with E-state index in [1.165, 1.54) is 10.4 Å². The van der Waals surface area contributed by atoms with Gasteiger partial charge in [-0.1, -0.05) is 30.8 Å². The molecule has 0 aromatic carbocycles. The van der Waals surface area contributed by atoms with E-state index in [0.29, 0.717) is 12.5 Å². The van der Waals surface area contributed by atoms with Crippen molar-refractivity contribution in [3.63, 3.8) is 0 Å². The zero-order chi connectivity index (χ0) is 19.0. The van der Waals surface area contributed by atoms with Gasteiger partial charge in [0, 0.05) is 29.1 Å². The highest BCUT2D eigenvalue weighted by Gasteiger charge is 2.25. The molecule has 27 heavy (non-hydrogen) atoms. The lowest BCUT2D eigenvalue weighted by atomic mass is 9.89. The molecule has 0 N–H and O–H groups in total. The van der Waals surface area contributed by atoms with Crippen molar-refractivity contribution in [2.24, 2.45) is 5.92 Å². The highest BCUT2D eigenvalue weighted by molar-refractivity contribution is 7.99. The molecule has 0 spiro atoms. The number of nitrogens with zero attached hydrogens (tertiary/aromatic N) is 3. The summed E-state index contributed by atoms with van der Waals surface area (Å²) in [6, 6.07) is 4.00. The van der Waals surface area contributed by atoms with Gasteiger partial charge < -0.3 is 0 Å². The molecule has 0 fully saturated rings. The third-order valence-corrected chi connectivity index (χ3v) is 7.42. The molecule has 140 valence electrons. The molecule has 0 radical (unpaired) electrons. The summed E-state index contributed by atoms with van der Waals surface area (Å²) in [6.45, 7) is 8.72. The first kappa shape index (κ1) is 18.4. The Morgan fingerprint density at radius 1 is 1.52 bits per heavy atom. The average Bonchev–Trinajstić information content (AvgIpc) is 3.02. The van der Waals surface area contributed by atoms with Crippen LogP contribution in [0.25, 0.3) is 10.2 Å². The fourth-order valence-corrected chi connectivity index (χ4v) is 6.08. The average molecular weight is 398 g/mol. The molecule has 3 heterocycles. The zero-order valence-corrected chi connectivity index (χ0v) is 17.3. The molecular formula is C21H23N3OS2. The maximum Gasteiger partial charge on any atom is 0.263 e. The smallest absolute Gasteiger partial charge is 0.263 e. The highest BCUT2D eigenvalue weighted by atomic mass is 32.2. The molecule has 0 aliphatic heterocycles. The predicted octanol–water partition coefficient (Wildman–Crippen LogP) is 5.02. The van der Waals surface area contributed by atoms with Crippen molar-refractivity contribution in [2.45, 2.75) is 50.1 Å². The van der Waals surface area contributed by atoms with Gasteiger partial charge in [-0.05, 0) is 49.3 Å². The van der Waals surface area contributed by atoms with E-state index in [2.05, 4.69) is 31.5 Å². The first-order valence-corrected chi connectivity index (χ1v) is 11.0. The molecule has 0 bridgehead atoms. The van der Waals surface area contributed by atoms with Gasteiger partial charge in [0.1, 0.15) is 4.83 Å². The Morgan fingerprint density at radius 2 is 2.37 bits per heavy atom. The Bertz CT molecular complexity index is 1040. The number of thiophene rings is 1. The van der Waals surface area contributed by atoms with E-state index in [0.717, 1.165) is 40.2 Å². The van der Waals surface area contributed by atoms with E-state index in [4.69, 9.17) is 4.98 Å². The highest BCUT2D eigenvalue weighted by Crippen LogP contribution is 2.38. The zero-order valence-electron chi connectivity index (χ0n) is 15.6. The van der Waals surface area contributed by atoms with Gasteiger partial charge in [0.15, 0.2) is 5.16 Å². The van der Waals surface area contributed by atoms with Crippen LogP contribution in [0, 0.1) is 5.92 Å².